The molecule has 6 aromatic rings. The van der Waals surface area contributed by atoms with E-state index < -0.39 is 0 Å². The SMILES string of the molecule is C=Nc1c(SCc2ccccc2)ccc2c1c1ccccc1n2C(/C=C(\C)c1ccccc1)=NC(=C)c1ccccc1. The molecule has 0 atom stereocenters. The fourth-order valence-electron chi connectivity index (χ4n) is 5.24. The van der Waals surface area contributed by atoms with Crippen molar-refractivity contribution < 1.29 is 0 Å². The summed E-state index contributed by atoms with van der Waals surface area (Å²) in [5.41, 5.74) is 8.19. The van der Waals surface area contributed by atoms with Gasteiger partial charge in [-0.15, -0.1) is 11.8 Å². The van der Waals surface area contributed by atoms with Crippen LogP contribution in [-0.4, -0.2) is 17.1 Å². The van der Waals surface area contributed by atoms with Crippen LogP contribution in [0.1, 0.15) is 23.6 Å². The van der Waals surface area contributed by atoms with Gasteiger partial charge in [0, 0.05) is 21.4 Å². The smallest absolute Gasteiger partial charge is 0.138 e. The highest BCUT2D eigenvalue weighted by molar-refractivity contribution is 7.98. The number of allylic oxidation sites excluding steroid dienone is 2. The van der Waals surface area contributed by atoms with E-state index in [1.807, 2.05) is 42.5 Å². The molecule has 0 N–H and O–H groups in total. The van der Waals surface area contributed by atoms with Gasteiger partial charge in [0.25, 0.3) is 0 Å². The lowest BCUT2D eigenvalue weighted by Crippen LogP contribution is -2.10. The summed E-state index contributed by atoms with van der Waals surface area (Å²) >= 11 is 1.78. The molecular formula is C38H31N3S. The zero-order valence-corrected chi connectivity index (χ0v) is 24.4. The van der Waals surface area contributed by atoms with Crippen molar-refractivity contribution in [1.82, 2.24) is 4.57 Å². The Morgan fingerprint density at radius 3 is 2.05 bits per heavy atom. The quantitative estimate of drug-likeness (QED) is 0.103. The van der Waals surface area contributed by atoms with Gasteiger partial charge in [-0.1, -0.05) is 116 Å². The first-order chi connectivity index (χ1) is 20.6. The molecule has 0 unspecified atom stereocenters. The van der Waals surface area contributed by atoms with Crippen molar-refractivity contribution in [2.75, 3.05) is 0 Å². The van der Waals surface area contributed by atoms with Crippen LogP contribution in [0.5, 0.6) is 0 Å². The molecule has 42 heavy (non-hydrogen) atoms. The summed E-state index contributed by atoms with van der Waals surface area (Å²) in [5, 5.41) is 2.18. The average Bonchev–Trinajstić information content (AvgIpc) is 3.39. The minimum atomic E-state index is 0.700. The highest BCUT2D eigenvalue weighted by Gasteiger charge is 2.19. The second-order valence-corrected chi connectivity index (χ2v) is 11.1. The van der Waals surface area contributed by atoms with Crippen molar-refractivity contribution in [2.45, 2.75) is 17.6 Å². The van der Waals surface area contributed by atoms with Gasteiger partial charge in [0.05, 0.1) is 22.4 Å². The summed E-state index contributed by atoms with van der Waals surface area (Å²) in [7, 11) is 0. The first-order valence-electron chi connectivity index (χ1n) is 13.9. The van der Waals surface area contributed by atoms with Gasteiger partial charge in [-0.2, -0.15) is 0 Å². The van der Waals surface area contributed by atoms with Crippen molar-refractivity contribution in [3.8, 4) is 0 Å². The van der Waals surface area contributed by atoms with E-state index in [1.54, 1.807) is 11.8 Å². The van der Waals surface area contributed by atoms with Gasteiger partial charge < -0.3 is 0 Å². The van der Waals surface area contributed by atoms with Gasteiger partial charge in [0.15, 0.2) is 0 Å². The van der Waals surface area contributed by atoms with Crippen LogP contribution in [0.25, 0.3) is 33.1 Å². The van der Waals surface area contributed by atoms with Gasteiger partial charge in [-0.05, 0) is 60.2 Å². The number of hydrogen-bond donors (Lipinski definition) is 0. The van der Waals surface area contributed by atoms with Gasteiger partial charge >= 0.3 is 0 Å². The largest absolute Gasteiger partial charge is 0.294 e. The molecule has 0 aliphatic carbocycles. The van der Waals surface area contributed by atoms with Crippen molar-refractivity contribution >= 4 is 63.1 Å². The Balaban J connectivity index is 1.56. The highest BCUT2D eigenvalue weighted by atomic mass is 32.2. The average molecular weight is 562 g/mol. The Morgan fingerprint density at radius 1 is 0.738 bits per heavy atom. The Labute approximate surface area is 251 Å². The van der Waals surface area contributed by atoms with Crippen LogP contribution in [0.3, 0.4) is 0 Å². The summed E-state index contributed by atoms with van der Waals surface area (Å²) < 4.78 is 2.23. The number of hydrogen-bond acceptors (Lipinski definition) is 3. The summed E-state index contributed by atoms with van der Waals surface area (Å²) in [6.07, 6.45) is 2.15. The van der Waals surface area contributed by atoms with Crippen LogP contribution in [0.2, 0.25) is 0 Å². The molecule has 3 nitrogen and oxygen atoms in total. The van der Waals surface area contributed by atoms with E-state index in [-0.39, 0.29) is 0 Å². The Bertz CT molecular complexity index is 1950. The second kappa shape index (κ2) is 12.3. The molecule has 0 aliphatic rings. The van der Waals surface area contributed by atoms with E-state index in [0.29, 0.717) is 5.70 Å². The number of rotatable bonds is 8. The first kappa shape index (κ1) is 27.3. The maximum atomic E-state index is 5.17. The minimum Gasteiger partial charge on any atom is -0.294 e. The van der Waals surface area contributed by atoms with Gasteiger partial charge in [-0.25, -0.2) is 4.99 Å². The van der Waals surface area contributed by atoms with Crippen LogP contribution in [0, 0.1) is 0 Å². The minimum absolute atomic E-state index is 0.700. The molecule has 0 bridgehead atoms. The molecule has 0 amide bonds. The van der Waals surface area contributed by atoms with Crippen LogP contribution in [0.15, 0.2) is 155 Å². The molecule has 0 spiro atoms. The predicted octanol–water partition coefficient (Wildman–Crippen LogP) is 10.4. The maximum absolute atomic E-state index is 5.17. The summed E-state index contributed by atoms with van der Waals surface area (Å²) in [5.74, 6) is 1.65. The molecule has 0 saturated heterocycles. The Kier molecular flexibility index (Phi) is 7.98. The van der Waals surface area contributed by atoms with Crippen molar-refractivity contribution in [1.29, 1.82) is 0 Å². The number of para-hydroxylation sites is 1. The van der Waals surface area contributed by atoms with Crippen LogP contribution >= 0.6 is 11.8 Å². The maximum Gasteiger partial charge on any atom is 0.138 e. The third-order valence-corrected chi connectivity index (χ3v) is 8.45. The fraction of sp³-hybridized carbons (Fsp3) is 0.0526. The van der Waals surface area contributed by atoms with Crippen molar-refractivity contribution in [3.05, 3.63) is 157 Å². The molecule has 0 saturated carbocycles. The number of aromatic nitrogens is 1. The lowest BCUT2D eigenvalue weighted by atomic mass is 10.1. The molecule has 5 aromatic carbocycles. The fourth-order valence-corrected chi connectivity index (χ4v) is 6.22. The Hall–Kier alpha value is -4.93. The van der Waals surface area contributed by atoms with E-state index in [1.165, 1.54) is 5.56 Å². The standard InChI is InChI=1S/C38H31N3S/c1-27(30-17-9-5-10-18-30)25-36(40-28(2)31-19-11-6-12-20-31)41-33-22-14-13-21-32(33)37-34(41)23-24-35(38(37)39-3)42-26-29-15-7-4-8-16-29/h4-25H,2-3,26H2,1H3/b27-25+,40-36?. The van der Waals surface area contributed by atoms with E-state index >= 15 is 0 Å². The van der Waals surface area contributed by atoms with E-state index in [4.69, 9.17) is 4.99 Å². The van der Waals surface area contributed by atoms with E-state index in [2.05, 4.69) is 121 Å². The summed E-state index contributed by atoms with van der Waals surface area (Å²) in [6, 6.07) is 43.8. The molecule has 4 heteroatoms. The van der Waals surface area contributed by atoms with Crippen LogP contribution in [0.4, 0.5) is 5.69 Å². The first-order valence-corrected chi connectivity index (χ1v) is 14.9. The van der Waals surface area contributed by atoms with Gasteiger partial charge in [-0.3, -0.25) is 9.56 Å². The Morgan fingerprint density at radius 2 is 1.36 bits per heavy atom. The van der Waals surface area contributed by atoms with Crippen molar-refractivity contribution in [3.63, 3.8) is 0 Å². The van der Waals surface area contributed by atoms with Crippen molar-refractivity contribution in [2.24, 2.45) is 9.98 Å². The molecule has 0 fully saturated rings. The summed E-state index contributed by atoms with van der Waals surface area (Å²) in [6.45, 7) is 10.5. The predicted molar refractivity (Wildman–Crippen MR) is 183 cm³/mol. The molecule has 0 radical (unpaired) electrons. The van der Waals surface area contributed by atoms with Crippen LogP contribution in [-0.2, 0) is 5.75 Å². The second-order valence-electron chi connectivity index (χ2n) is 10.1. The molecular weight excluding hydrogens is 531 g/mol. The van der Waals surface area contributed by atoms with E-state index in [0.717, 1.165) is 60.7 Å². The van der Waals surface area contributed by atoms with Gasteiger partial charge in [0.2, 0.25) is 0 Å². The third kappa shape index (κ3) is 5.50. The normalized spacial score (nSPS) is 12.1. The number of aliphatic imine (C=N–C) groups is 2. The topological polar surface area (TPSA) is 29.6 Å². The zero-order chi connectivity index (χ0) is 28.9. The number of thioether (sulfide) groups is 1. The number of fused-ring (bicyclic) bond motifs is 3. The third-order valence-electron chi connectivity index (χ3n) is 7.33. The summed E-state index contributed by atoms with van der Waals surface area (Å²) in [4.78, 5) is 10.9. The molecule has 1 aromatic heterocycles. The molecule has 6 rings (SSSR count). The van der Waals surface area contributed by atoms with Gasteiger partial charge in [0.1, 0.15) is 5.84 Å². The lowest BCUT2D eigenvalue weighted by Gasteiger charge is -2.12. The number of nitrogens with zero attached hydrogens (tertiary/aromatic N) is 3. The zero-order valence-electron chi connectivity index (χ0n) is 23.6. The van der Waals surface area contributed by atoms with Crippen LogP contribution < -0.4 is 0 Å². The lowest BCUT2D eigenvalue weighted by molar-refractivity contribution is 1.26. The molecule has 0 aliphatic heterocycles. The monoisotopic (exact) mass is 561 g/mol. The van der Waals surface area contributed by atoms with E-state index in [9.17, 15) is 0 Å². The molecule has 204 valence electrons. The number of benzene rings is 5. The highest BCUT2D eigenvalue weighted by Crippen LogP contribution is 2.42. The molecule has 1 heterocycles.